The summed E-state index contributed by atoms with van der Waals surface area (Å²) in [6.45, 7) is 6.42. The molecule has 18 aliphatic rings. The molecule has 34 unspecified atom stereocenters. The Balaban J connectivity index is 0.678. The Kier molecular flexibility index (Phi) is 7.83. The van der Waals surface area contributed by atoms with Crippen LogP contribution in [0.1, 0.15) is 155 Å². The Hall–Kier alpha value is -2.87. The summed E-state index contributed by atoms with van der Waals surface area (Å²) in [6.07, 6.45) is 23.8. The van der Waals surface area contributed by atoms with Gasteiger partial charge in [0.15, 0.2) is 0 Å². The smallest absolute Gasteiger partial charge is 0.308 e. The van der Waals surface area contributed by atoms with E-state index in [0.717, 1.165) is 101 Å². The van der Waals surface area contributed by atoms with Crippen LogP contribution >= 0.6 is 0 Å². The number of ether oxygens (including phenoxy) is 1. The standard InChI is InChI=1S/C72H84O2/c1-4-31(33-12-14-48(15-13-33)74-30(3)73)16-39(37-9-7-34-6-8-36(34)18-37)17-32(5-2)35-10-11-38-28-72-29-47-25-45-23-42-20-41-21-44-22-43-24-46-26-49(50(72)27-40(38)19-35)58-63-54(46)53(43)60-55(44)59-51(41)52(42)61-56(45)62-57(47)71(72)70(58)69-67(62)65(61)64(59)66(60)68(63)69/h7,9-15,18-19,31-32,39,41-47,49-71H,4-6,8,16-17,20-29H2,1-3H3. The zero-order valence-electron chi connectivity index (χ0n) is 45.0. The van der Waals surface area contributed by atoms with Gasteiger partial charge in [0, 0.05) is 6.92 Å². The van der Waals surface area contributed by atoms with E-state index in [9.17, 15) is 4.79 Å². The summed E-state index contributed by atoms with van der Waals surface area (Å²) in [7, 11) is 0. The lowest BCUT2D eigenvalue weighted by Gasteiger charge is -2.66. The number of aryl methyl sites for hydroxylation is 2. The van der Waals surface area contributed by atoms with Crippen molar-refractivity contribution in [3.8, 4) is 5.75 Å². The highest BCUT2D eigenvalue weighted by Crippen LogP contribution is 2.94. The third-order valence-electron chi connectivity index (χ3n) is 31.8. The van der Waals surface area contributed by atoms with Crippen molar-refractivity contribution >= 4 is 5.97 Å². The molecule has 0 aliphatic heterocycles. The average Bonchev–Trinajstić information content (AvgIpc) is 4.30. The van der Waals surface area contributed by atoms with E-state index in [1.165, 1.54) is 140 Å². The van der Waals surface area contributed by atoms with Crippen molar-refractivity contribution in [2.75, 3.05) is 0 Å². The van der Waals surface area contributed by atoms with Crippen LogP contribution in [0.3, 0.4) is 0 Å². The Morgan fingerprint density at radius 2 is 0.932 bits per heavy atom. The fourth-order valence-electron chi connectivity index (χ4n) is 31.9. The quantitative estimate of drug-likeness (QED) is 0.149. The van der Waals surface area contributed by atoms with Crippen molar-refractivity contribution in [2.45, 2.75) is 141 Å². The molecule has 0 bridgehead atoms. The Morgan fingerprint density at radius 3 is 1.50 bits per heavy atom. The van der Waals surface area contributed by atoms with Gasteiger partial charge in [0.25, 0.3) is 0 Å². The maximum atomic E-state index is 11.8. The van der Waals surface area contributed by atoms with Crippen molar-refractivity contribution in [2.24, 2.45) is 183 Å². The summed E-state index contributed by atoms with van der Waals surface area (Å²) in [5.74, 6) is 36.5. The van der Waals surface area contributed by atoms with Crippen LogP contribution in [0.25, 0.3) is 0 Å². The molecule has 0 aromatic heterocycles. The number of esters is 1. The molecular formula is C72H84O2. The second kappa shape index (κ2) is 13.7. The third-order valence-corrected chi connectivity index (χ3v) is 31.8. The van der Waals surface area contributed by atoms with Crippen molar-refractivity contribution in [3.63, 3.8) is 0 Å². The highest BCUT2D eigenvalue weighted by molar-refractivity contribution is 5.69. The first-order valence-electron chi connectivity index (χ1n) is 32.9. The van der Waals surface area contributed by atoms with Crippen molar-refractivity contribution in [3.05, 3.63) is 99.6 Å². The molecule has 0 radical (unpaired) electrons. The highest BCUT2D eigenvalue weighted by Gasteiger charge is 2.89. The molecule has 18 aliphatic carbocycles. The third kappa shape index (κ3) is 4.60. The highest BCUT2D eigenvalue weighted by atomic mass is 16.5. The normalized spacial score (nSPS) is 56.6. The summed E-state index contributed by atoms with van der Waals surface area (Å²) >= 11 is 0. The topological polar surface area (TPSA) is 26.3 Å². The first-order chi connectivity index (χ1) is 36.3. The van der Waals surface area contributed by atoms with E-state index in [1.807, 2.05) is 23.3 Å². The molecule has 384 valence electrons. The molecule has 0 saturated heterocycles. The number of hydrogen-bond donors (Lipinski definition) is 0. The lowest BCUT2D eigenvalue weighted by molar-refractivity contribution is -0.177. The lowest BCUT2D eigenvalue weighted by atomic mass is 9.38. The van der Waals surface area contributed by atoms with Gasteiger partial charge in [-0.25, -0.2) is 0 Å². The predicted molar refractivity (Wildman–Crippen MR) is 288 cm³/mol. The van der Waals surface area contributed by atoms with E-state index < -0.39 is 0 Å². The fraction of sp³-hybridized carbons (Fsp3) is 0.736. The molecular weight excluding hydrogens is 897 g/mol. The van der Waals surface area contributed by atoms with Crippen LogP contribution in [0.2, 0.25) is 0 Å². The second-order valence-corrected chi connectivity index (χ2v) is 32.2. The monoisotopic (exact) mass is 981 g/mol. The van der Waals surface area contributed by atoms with E-state index in [1.54, 1.807) is 73.6 Å². The molecule has 2 nitrogen and oxygen atoms in total. The number of benzene rings is 3. The van der Waals surface area contributed by atoms with Gasteiger partial charge in [-0.3, -0.25) is 4.79 Å². The van der Waals surface area contributed by atoms with Gasteiger partial charge >= 0.3 is 5.97 Å². The molecule has 74 heavy (non-hydrogen) atoms. The fourth-order valence-corrected chi connectivity index (χ4v) is 31.9. The molecule has 3 aromatic rings. The summed E-state index contributed by atoms with van der Waals surface area (Å²) in [5, 5.41) is 0. The SMILES string of the molecule is CCC(CC(CC(CC)c1ccc2c(c1)CC1C3CC4CC5CC6CC7CC8CC9CC%10CC1(C2)C1C%10C2C9C9C8C7C7C6C6C5C4C4C3C1C1C4C6C7C9C21)c1ccc2c(c1)CC2)c1ccc(OC(C)=O)cc1. The van der Waals surface area contributed by atoms with Crippen molar-refractivity contribution in [1.29, 1.82) is 0 Å². The molecule has 2 heteroatoms. The van der Waals surface area contributed by atoms with Gasteiger partial charge < -0.3 is 4.74 Å². The van der Waals surface area contributed by atoms with Crippen LogP contribution in [-0.4, -0.2) is 5.97 Å². The molecule has 0 N–H and O–H groups in total. The summed E-state index contributed by atoms with van der Waals surface area (Å²) < 4.78 is 5.49. The van der Waals surface area contributed by atoms with Gasteiger partial charge in [-0.1, -0.05) is 62.4 Å². The maximum absolute atomic E-state index is 11.8. The number of carbonyl (C=O) groups excluding carboxylic acids is 1. The van der Waals surface area contributed by atoms with Crippen LogP contribution in [0.4, 0.5) is 0 Å². The molecule has 16 fully saturated rings. The minimum Gasteiger partial charge on any atom is -0.427 e. The minimum atomic E-state index is -0.243. The molecule has 1 spiro atoms. The van der Waals surface area contributed by atoms with Gasteiger partial charge in [-0.2, -0.15) is 0 Å². The number of fused-ring (bicyclic) bond motifs is 3. The Morgan fingerprint density at radius 1 is 0.473 bits per heavy atom. The van der Waals surface area contributed by atoms with Gasteiger partial charge in [-0.15, -0.1) is 0 Å². The van der Waals surface area contributed by atoms with E-state index >= 15 is 0 Å². The molecule has 21 rings (SSSR count). The predicted octanol–water partition coefficient (Wildman–Crippen LogP) is 14.9. The lowest BCUT2D eigenvalue weighted by Crippen LogP contribution is -2.62. The van der Waals surface area contributed by atoms with Gasteiger partial charge in [0.1, 0.15) is 5.75 Å². The summed E-state index contributed by atoms with van der Waals surface area (Å²) in [4.78, 5) is 11.8. The van der Waals surface area contributed by atoms with Crippen LogP contribution < -0.4 is 4.74 Å². The minimum absolute atomic E-state index is 0.243. The Labute approximate surface area is 442 Å². The van der Waals surface area contributed by atoms with E-state index in [0.29, 0.717) is 28.9 Å². The molecule has 16 saturated carbocycles. The van der Waals surface area contributed by atoms with E-state index in [4.69, 9.17) is 4.74 Å². The van der Waals surface area contributed by atoms with Gasteiger partial charge in [-0.05, 0) is 355 Å². The number of hydrogen-bond acceptors (Lipinski definition) is 2. The van der Waals surface area contributed by atoms with Crippen LogP contribution in [0, 0.1) is 183 Å². The first-order valence-corrected chi connectivity index (χ1v) is 32.9. The van der Waals surface area contributed by atoms with Crippen molar-refractivity contribution in [1.82, 2.24) is 0 Å². The molecule has 0 amide bonds. The van der Waals surface area contributed by atoms with E-state index in [2.05, 4.69) is 62.4 Å². The zero-order chi connectivity index (χ0) is 47.8. The number of rotatable bonds is 10. The summed E-state index contributed by atoms with van der Waals surface area (Å²) in [6, 6.07) is 24.6. The van der Waals surface area contributed by atoms with Gasteiger partial charge in [0.05, 0.1) is 0 Å². The van der Waals surface area contributed by atoms with Gasteiger partial charge in [0.2, 0.25) is 0 Å². The van der Waals surface area contributed by atoms with E-state index in [-0.39, 0.29) is 5.97 Å². The van der Waals surface area contributed by atoms with Crippen LogP contribution in [0.5, 0.6) is 5.75 Å². The molecule has 0 heterocycles. The average molecular weight is 981 g/mol. The largest absolute Gasteiger partial charge is 0.427 e. The molecule has 3 aromatic carbocycles. The summed E-state index contributed by atoms with van der Waals surface area (Å²) in [5.41, 5.74) is 12.1. The molecule has 34 atom stereocenters. The first kappa shape index (κ1) is 42.1. The maximum Gasteiger partial charge on any atom is 0.308 e. The second-order valence-electron chi connectivity index (χ2n) is 32.2. The zero-order valence-corrected chi connectivity index (χ0v) is 45.0. The van der Waals surface area contributed by atoms with Crippen LogP contribution in [-0.2, 0) is 30.5 Å². The Bertz CT molecular complexity index is 2980. The van der Waals surface area contributed by atoms with Crippen LogP contribution in [0.15, 0.2) is 60.7 Å². The number of carbonyl (C=O) groups is 1. The van der Waals surface area contributed by atoms with Crippen molar-refractivity contribution < 1.29 is 9.53 Å².